The molecule has 5 rings (SSSR count). The standard InChI is InChI=1S/C29H33F3N6O/c1-5-27(22-10-19(2)13-33-14-22)38-8-6-24-23(17-39-18-38)11-21(15-37-9-7-34-20(37)3)12-25(24)26-16-36(4)35-28(26)29(30,31)32/h7,9-14,16,27H,5-6,8,15,17-18H2,1-4H3/t27-/m1/s1. The second-order valence-corrected chi connectivity index (χ2v) is 10.2. The van der Waals surface area contributed by atoms with Gasteiger partial charge in [-0.05, 0) is 66.1 Å². The van der Waals surface area contributed by atoms with E-state index in [-0.39, 0.29) is 11.6 Å². The zero-order valence-corrected chi connectivity index (χ0v) is 22.7. The number of aromatic nitrogens is 5. The number of pyridine rings is 1. The van der Waals surface area contributed by atoms with Gasteiger partial charge in [0.25, 0.3) is 0 Å². The van der Waals surface area contributed by atoms with Crippen LogP contribution in [0.2, 0.25) is 0 Å². The SMILES string of the molecule is CC[C@H](c1cncc(C)c1)N1CCc2c(cc(Cn3ccnc3C)cc2-c2cn(C)nc2C(F)(F)F)COC1. The second-order valence-electron chi connectivity index (χ2n) is 10.2. The Morgan fingerprint density at radius 2 is 1.92 bits per heavy atom. The molecule has 0 saturated carbocycles. The molecule has 0 aliphatic carbocycles. The molecule has 7 nitrogen and oxygen atoms in total. The quantitative estimate of drug-likeness (QED) is 0.308. The number of benzene rings is 1. The summed E-state index contributed by atoms with van der Waals surface area (Å²) < 4.78 is 51.7. The van der Waals surface area contributed by atoms with Gasteiger partial charge in [0.2, 0.25) is 0 Å². The van der Waals surface area contributed by atoms with Crippen LogP contribution in [0.4, 0.5) is 13.2 Å². The van der Waals surface area contributed by atoms with E-state index in [0.717, 1.165) is 40.1 Å². The van der Waals surface area contributed by atoms with Crippen LogP contribution in [-0.2, 0) is 37.5 Å². The van der Waals surface area contributed by atoms with Crippen molar-refractivity contribution in [3.63, 3.8) is 0 Å². The van der Waals surface area contributed by atoms with Crippen LogP contribution < -0.4 is 0 Å². The molecule has 1 aliphatic rings. The van der Waals surface area contributed by atoms with Gasteiger partial charge in [-0.3, -0.25) is 14.6 Å². The van der Waals surface area contributed by atoms with Gasteiger partial charge in [-0.1, -0.05) is 19.1 Å². The fraction of sp³-hybridized carbons (Fsp3) is 0.414. The monoisotopic (exact) mass is 538 g/mol. The largest absolute Gasteiger partial charge is 0.435 e. The molecule has 0 N–H and O–H groups in total. The lowest BCUT2D eigenvalue weighted by Gasteiger charge is -2.33. The zero-order chi connectivity index (χ0) is 27.7. The molecule has 0 bridgehead atoms. The number of hydrogen-bond donors (Lipinski definition) is 0. The fourth-order valence-corrected chi connectivity index (χ4v) is 5.52. The number of hydrogen-bond acceptors (Lipinski definition) is 5. The third-order valence-electron chi connectivity index (χ3n) is 7.34. The molecule has 4 aromatic rings. The Morgan fingerprint density at radius 3 is 2.62 bits per heavy atom. The molecule has 3 aromatic heterocycles. The number of fused-ring (bicyclic) bond motifs is 1. The van der Waals surface area contributed by atoms with Crippen molar-refractivity contribution in [3.05, 3.63) is 88.5 Å². The van der Waals surface area contributed by atoms with Crippen LogP contribution in [0.1, 0.15) is 58.7 Å². The summed E-state index contributed by atoms with van der Waals surface area (Å²) in [6.45, 7) is 7.91. The number of imidazole rings is 1. The topological polar surface area (TPSA) is 61.0 Å². The van der Waals surface area contributed by atoms with Gasteiger partial charge in [0.1, 0.15) is 5.82 Å². The van der Waals surface area contributed by atoms with E-state index in [2.05, 4.69) is 39.0 Å². The molecule has 0 fully saturated rings. The molecule has 39 heavy (non-hydrogen) atoms. The van der Waals surface area contributed by atoms with Gasteiger partial charge in [0.15, 0.2) is 5.69 Å². The normalized spacial score (nSPS) is 15.6. The Bertz CT molecular complexity index is 1460. The summed E-state index contributed by atoms with van der Waals surface area (Å²) in [5, 5.41) is 3.80. The van der Waals surface area contributed by atoms with E-state index in [4.69, 9.17) is 4.74 Å². The van der Waals surface area contributed by atoms with E-state index in [9.17, 15) is 13.2 Å². The van der Waals surface area contributed by atoms with Crippen molar-refractivity contribution in [2.75, 3.05) is 13.3 Å². The van der Waals surface area contributed by atoms with Crippen LogP contribution in [0.5, 0.6) is 0 Å². The van der Waals surface area contributed by atoms with E-state index < -0.39 is 11.9 Å². The van der Waals surface area contributed by atoms with Crippen LogP contribution in [0.3, 0.4) is 0 Å². The lowest BCUT2D eigenvalue weighted by atomic mass is 9.90. The van der Waals surface area contributed by atoms with Gasteiger partial charge in [0, 0.05) is 62.7 Å². The third kappa shape index (κ3) is 5.77. The summed E-state index contributed by atoms with van der Waals surface area (Å²) in [7, 11) is 1.52. The molecule has 0 unspecified atom stereocenters. The van der Waals surface area contributed by atoms with Crippen molar-refractivity contribution in [3.8, 4) is 11.1 Å². The van der Waals surface area contributed by atoms with Crippen LogP contribution in [0.25, 0.3) is 11.1 Å². The van der Waals surface area contributed by atoms with Crippen LogP contribution in [-0.4, -0.2) is 42.5 Å². The summed E-state index contributed by atoms with van der Waals surface area (Å²) in [5.41, 5.74) is 4.62. The van der Waals surface area contributed by atoms with Crippen LogP contribution in [0.15, 0.2) is 49.2 Å². The first-order valence-electron chi connectivity index (χ1n) is 13.1. The minimum Gasteiger partial charge on any atom is -0.361 e. The van der Waals surface area contributed by atoms with Gasteiger partial charge in [0.05, 0.1) is 13.3 Å². The number of ether oxygens (including phenoxy) is 1. The molecule has 0 radical (unpaired) electrons. The molecular formula is C29H33F3N6O. The molecule has 0 amide bonds. The van der Waals surface area contributed by atoms with Gasteiger partial charge >= 0.3 is 6.18 Å². The molecule has 1 aliphatic heterocycles. The van der Waals surface area contributed by atoms with Crippen molar-refractivity contribution in [1.82, 2.24) is 29.2 Å². The molecule has 0 saturated heterocycles. The third-order valence-corrected chi connectivity index (χ3v) is 7.34. The van der Waals surface area contributed by atoms with Crippen molar-refractivity contribution < 1.29 is 17.9 Å². The predicted molar refractivity (Wildman–Crippen MR) is 142 cm³/mol. The zero-order valence-electron chi connectivity index (χ0n) is 22.7. The van der Waals surface area contributed by atoms with E-state index in [0.29, 0.717) is 38.4 Å². The number of nitrogens with zero attached hydrogens (tertiary/aromatic N) is 6. The van der Waals surface area contributed by atoms with Crippen LogP contribution in [0, 0.1) is 13.8 Å². The predicted octanol–water partition coefficient (Wildman–Crippen LogP) is 5.85. The summed E-state index contributed by atoms with van der Waals surface area (Å²) >= 11 is 0. The fourth-order valence-electron chi connectivity index (χ4n) is 5.52. The molecule has 1 atom stereocenters. The van der Waals surface area contributed by atoms with E-state index in [1.54, 1.807) is 6.20 Å². The second kappa shape index (κ2) is 10.9. The van der Waals surface area contributed by atoms with Gasteiger partial charge in [-0.15, -0.1) is 0 Å². The summed E-state index contributed by atoms with van der Waals surface area (Å²) in [6, 6.07) is 6.15. The number of rotatable bonds is 6. The average molecular weight is 539 g/mol. The Labute approximate surface area is 226 Å². The average Bonchev–Trinajstić information content (AvgIpc) is 3.46. The maximum absolute atomic E-state index is 14.1. The lowest BCUT2D eigenvalue weighted by molar-refractivity contribution is -0.140. The highest BCUT2D eigenvalue weighted by atomic mass is 19.4. The van der Waals surface area contributed by atoms with Crippen molar-refractivity contribution >= 4 is 0 Å². The smallest absolute Gasteiger partial charge is 0.361 e. The molecule has 0 spiro atoms. The van der Waals surface area contributed by atoms with Gasteiger partial charge in [-0.2, -0.15) is 18.3 Å². The Morgan fingerprint density at radius 1 is 1.10 bits per heavy atom. The highest BCUT2D eigenvalue weighted by Crippen LogP contribution is 2.39. The molecule has 10 heteroatoms. The highest BCUT2D eigenvalue weighted by Gasteiger charge is 2.38. The molecule has 1 aromatic carbocycles. The molecule has 206 valence electrons. The van der Waals surface area contributed by atoms with Crippen molar-refractivity contribution in [2.24, 2.45) is 7.05 Å². The first-order valence-corrected chi connectivity index (χ1v) is 13.1. The van der Waals surface area contributed by atoms with E-state index in [1.807, 2.05) is 43.1 Å². The first-order chi connectivity index (χ1) is 18.6. The van der Waals surface area contributed by atoms with Crippen molar-refractivity contribution in [2.45, 2.75) is 59.0 Å². The van der Waals surface area contributed by atoms with Gasteiger partial charge < -0.3 is 9.30 Å². The summed E-state index contributed by atoms with van der Waals surface area (Å²) in [5.74, 6) is 0.837. The molecule has 4 heterocycles. The highest BCUT2D eigenvalue weighted by molar-refractivity contribution is 5.72. The summed E-state index contributed by atoms with van der Waals surface area (Å²) in [6.07, 6.45) is 5.64. The maximum Gasteiger partial charge on any atom is 0.435 e. The number of alkyl halides is 3. The Balaban J connectivity index is 1.57. The number of halogens is 3. The molecular weight excluding hydrogens is 505 g/mol. The summed E-state index contributed by atoms with van der Waals surface area (Å²) in [4.78, 5) is 10.9. The first kappa shape index (κ1) is 27.1. The number of aryl methyl sites for hydroxylation is 3. The van der Waals surface area contributed by atoms with E-state index in [1.165, 1.54) is 17.9 Å². The van der Waals surface area contributed by atoms with Crippen LogP contribution >= 0.6 is 0 Å². The lowest BCUT2D eigenvalue weighted by Crippen LogP contribution is -2.34. The minimum absolute atomic E-state index is 0.0903. The van der Waals surface area contributed by atoms with E-state index >= 15 is 0 Å². The maximum atomic E-state index is 14.1. The minimum atomic E-state index is -4.57. The van der Waals surface area contributed by atoms with Crippen molar-refractivity contribution in [1.29, 1.82) is 0 Å². The van der Waals surface area contributed by atoms with Gasteiger partial charge in [-0.25, -0.2) is 4.98 Å². The Hall–Kier alpha value is -3.50. The Kier molecular flexibility index (Phi) is 7.59.